The van der Waals surface area contributed by atoms with Gasteiger partial charge in [0.1, 0.15) is 5.82 Å². The lowest BCUT2D eigenvalue weighted by Crippen LogP contribution is -2.09. The Hall–Kier alpha value is -0.900. The first-order chi connectivity index (χ1) is 6.09. The number of anilines is 1. The molecule has 72 valence electrons. The maximum absolute atomic E-state index is 12.6. The maximum atomic E-state index is 12.6. The molecule has 0 aliphatic rings. The molecule has 0 heterocycles. The molecular weight excluding hydrogens is 203 g/mol. The van der Waals surface area contributed by atoms with Crippen LogP contribution in [0.25, 0.3) is 0 Å². The molecule has 0 amide bonds. The van der Waals surface area contributed by atoms with E-state index < -0.39 is 18.8 Å². The molecule has 0 unspecified atom stereocenters. The number of hydrogen-bond donors (Lipinski definition) is 1. The first kappa shape index (κ1) is 10.2. The third-order valence-corrected chi connectivity index (χ3v) is 1.67. The summed E-state index contributed by atoms with van der Waals surface area (Å²) in [6.07, 6.45) is -2.44. The monoisotopic (exact) mass is 209 g/mol. The molecular formula is C8H7ClF3N. The van der Waals surface area contributed by atoms with Gasteiger partial charge in [-0.3, -0.25) is 0 Å². The summed E-state index contributed by atoms with van der Waals surface area (Å²) in [4.78, 5) is 0. The molecule has 5 heteroatoms. The van der Waals surface area contributed by atoms with Crippen LogP contribution in [0.1, 0.15) is 0 Å². The zero-order valence-corrected chi connectivity index (χ0v) is 7.28. The summed E-state index contributed by atoms with van der Waals surface area (Å²) >= 11 is 5.43. The Morgan fingerprint density at radius 3 is 2.62 bits per heavy atom. The molecule has 0 saturated carbocycles. The average molecular weight is 210 g/mol. The molecule has 13 heavy (non-hydrogen) atoms. The lowest BCUT2D eigenvalue weighted by molar-refractivity contribution is 0.163. The van der Waals surface area contributed by atoms with Crippen molar-refractivity contribution in [3.05, 3.63) is 29.0 Å². The van der Waals surface area contributed by atoms with Gasteiger partial charge < -0.3 is 5.32 Å². The van der Waals surface area contributed by atoms with Crippen LogP contribution in [0.3, 0.4) is 0 Å². The molecule has 1 nitrogen and oxygen atoms in total. The molecule has 1 N–H and O–H groups in total. The van der Waals surface area contributed by atoms with Gasteiger partial charge in [-0.2, -0.15) is 0 Å². The van der Waals surface area contributed by atoms with Gasteiger partial charge in [-0.15, -0.1) is 0 Å². The van der Waals surface area contributed by atoms with Gasteiger partial charge in [-0.05, 0) is 18.2 Å². The molecule has 0 aliphatic heterocycles. The van der Waals surface area contributed by atoms with Crippen LogP contribution in [-0.2, 0) is 0 Å². The van der Waals surface area contributed by atoms with Gasteiger partial charge in [0.2, 0.25) is 0 Å². The number of halogens is 4. The molecule has 0 saturated heterocycles. The molecule has 0 radical (unpaired) electrons. The fourth-order valence-corrected chi connectivity index (χ4v) is 0.982. The topological polar surface area (TPSA) is 12.0 Å². The Labute approximate surface area is 78.5 Å². The average Bonchev–Trinajstić information content (AvgIpc) is 2.07. The van der Waals surface area contributed by atoms with E-state index in [1.807, 2.05) is 0 Å². The molecule has 0 atom stereocenters. The zero-order valence-electron chi connectivity index (χ0n) is 6.53. The summed E-state index contributed by atoms with van der Waals surface area (Å²) in [6.45, 7) is -0.470. The quantitative estimate of drug-likeness (QED) is 0.807. The Kier molecular flexibility index (Phi) is 3.42. The molecule has 1 aromatic rings. The van der Waals surface area contributed by atoms with E-state index in [4.69, 9.17) is 11.6 Å². The van der Waals surface area contributed by atoms with Crippen molar-refractivity contribution in [3.63, 3.8) is 0 Å². The Balaban J connectivity index is 2.63. The fraction of sp³-hybridized carbons (Fsp3) is 0.250. The third kappa shape index (κ3) is 3.14. The summed E-state index contributed by atoms with van der Waals surface area (Å²) in [6, 6.07) is 3.74. The predicted octanol–water partition coefficient (Wildman–Crippen LogP) is 3.16. The van der Waals surface area contributed by atoms with Crippen LogP contribution in [0.4, 0.5) is 18.9 Å². The minimum atomic E-state index is -2.44. The normalized spacial score (nSPS) is 10.5. The largest absolute Gasteiger partial charge is 0.379 e. The van der Waals surface area contributed by atoms with Gasteiger partial charge in [-0.25, -0.2) is 13.2 Å². The van der Waals surface area contributed by atoms with Crippen LogP contribution < -0.4 is 5.32 Å². The Morgan fingerprint density at radius 2 is 2.08 bits per heavy atom. The second-order valence-electron chi connectivity index (χ2n) is 2.40. The highest BCUT2D eigenvalue weighted by Gasteiger charge is 2.03. The highest BCUT2D eigenvalue weighted by Crippen LogP contribution is 2.19. The van der Waals surface area contributed by atoms with E-state index in [-0.39, 0.29) is 5.02 Å². The van der Waals surface area contributed by atoms with Crippen LogP contribution in [0.2, 0.25) is 5.02 Å². The molecule has 0 aliphatic carbocycles. The number of nitrogens with one attached hydrogen (secondary N) is 1. The van der Waals surface area contributed by atoms with Crippen molar-refractivity contribution in [2.45, 2.75) is 6.43 Å². The second-order valence-corrected chi connectivity index (χ2v) is 2.81. The van der Waals surface area contributed by atoms with Gasteiger partial charge in [0.15, 0.2) is 0 Å². The highest BCUT2D eigenvalue weighted by atomic mass is 35.5. The van der Waals surface area contributed by atoms with Crippen molar-refractivity contribution in [3.8, 4) is 0 Å². The number of benzene rings is 1. The maximum Gasteiger partial charge on any atom is 0.255 e. The van der Waals surface area contributed by atoms with Crippen molar-refractivity contribution in [2.24, 2.45) is 0 Å². The minimum absolute atomic E-state index is 0.0840. The van der Waals surface area contributed by atoms with Crippen molar-refractivity contribution in [1.82, 2.24) is 0 Å². The number of hydrogen-bond acceptors (Lipinski definition) is 1. The number of rotatable bonds is 3. The molecule has 0 bridgehead atoms. The molecule has 0 fully saturated rings. The van der Waals surface area contributed by atoms with Crippen molar-refractivity contribution < 1.29 is 13.2 Å². The minimum Gasteiger partial charge on any atom is -0.379 e. The van der Waals surface area contributed by atoms with Crippen molar-refractivity contribution in [2.75, 3.05) is 11.9 Å². The smallest absolute Gasteiger partial charge is 0.255 e. The van der Waals surface area contributed by atoms with E-state index in [0.717, 1.165) is 6.07 Å². The molecule has 0 aromatic heterocycles. The Bertz CT molecular complexity index is 291. The van der Waals surface area contributed by atoms with Crippen LogP contribution in [-0.4, -0.2) is 13.0 Å². The van der Waals surface area contributed by atoms with E-state index in [0.29, 0.717) is 5.69 Å². The summed E-state index contributed by atoms with van der Waals surface area (Å²) in [5, 5.41) is 2.33. The van der Waals surface area contributed by atoms with Crippen molar-refractivity contribution >= 4 is 17.3 Å². The van der Waals surface area contributed by atoms with Gasteiger partial charge in [0, 0.05) is 5.69 Å². The van der Waals surface area contributed by atoms with E-state index in [2.05, 4.69) is 5.32 Å². The second kappa shape index (κ2) is 4.37. The predicted molar refractivity (Wildman–Crippen MR) is 45.9 cm³/mol. The molecule has 1 aromatic carbocycles. The van der Waals surface area contributed by atoms with Crippen molar-refractivity contribution in [1.29, 1.82) is 0 Å². The SMILES string of the molecule is Fc1ccc(NCC(F)F)cc1Cl. The van der Waals surface area contributed by atoms with Gasteiger partial charge in [-0.1, -0.05) is 11.6 Å². The zero-order chi connectivity index (χ0) is 9.84. The van der Waals surface area contributed by atoms with Gasteiger partial charge >= 0.3 is 0 Å². The van der Waals surface area contributed by atoms with E-state index in [9.17, 15) is 13.2 Å². The standard InChI is InChI=1S/C8H7ClF3N/c9-6-3-5(1-2-7(6)10)13-4-8(11)12/h1-3,8,13H,4H2. The molecule has 1 rings (SSSR count). The van der Waals surface area contributed by atoms with E-state index in [1.165, 1.54) is 12.1 Å². The summed E-state index contributed by atoms with van der Waals surface area (Å²) in [5.41, 5.74) is 0.381. The van der Waals surface area contributed by atoms with Gasteiger partial charge in [0.25, 0.3) is 6.43 Å². The molecule has 0 spiro atoms. The first-order valence-corrected chi connectivity index (χ1v) is 3.94. The van der Waals surface area contributed by atoms with Crippen LogP contribution in [0.15, 0.2) is 18.2 Å². The summed E-state index contributed by atoms with van der Waals surface area (Å²) in [5.74, 6) is -0.565. The van der Waals surface area contributed by atoms with E-state index >= 15 is 0 Å². The lowest BCUT2D eigenvalue weighted by atomic mass is 10.3. The van der Waals surface area contributed by atoms with Crippen LogP contribution in [0, 0.1) is 5.82 Å². The first-order valence-electron chi connectivity index (χ1n) is 3.56. The van der Waals surface area contributed by atoms with Gasteiger partial charge in [0.05, 0.1) is 11.6 Å². The van der Waals surface area contributed by atoms with E-state index in [1.54, 1.807) is 0 Å². The third-order valence-electron chi connectivity index (χ3n) is 1.38. The fourth-order valence-electron chi connectivity index (χ4n) is 0.801. The summed E-state index contributed by atoms with van der Waals surface area (Å²) in [7, 11) is 0. The van der Waals surface area contributed by atoms with Crippen LogP contribution in [0.5, 0.6) is 0 Å². The Morgan fingerprint density at radius 1 is 1.38 bits per heavy atom. The summed E-state index contributed by atoms with van der Waals surface area (Å²) < 4.78 is 36.1. The number of alkyl halides is 2. The lowest BCUT2D eigenvalue weighted by Gasteiger charge is -2.05. The highest BCUT2D eigenvalue weighted by molar-refractivity contribution is 6.31. The van der Waals surface area contributed by atoms with Crippen LogP contribution >= 0.6 is 11.6 Å².